The Kier molecular flexibility index (Phi) is 55.2. The van der Waals surface area contributed by atoms with Crippen LogP contribution in [-0.4, -0.2) is 37.2 Å². The fourth-order valence-corrected chi connectivity index (χ4v) is 9.21. The van der Waals surface area contributed by atoms with E-state index in [0.717, 1.165) is 64.2 Å². The second-order valence-corrected chi connectivity index (χ2v) is 20.6. The first-order valence-electron chi connectivity index (χ1n) is 30.2. The number of unbranched alkanes of at least 4 members (excludes halogenated alkanes) is 43. The van der Waals surface area contributed by atoms with Crippen LogP contribution in [0.25, 0.3) is 0 Å². The molecule has 0 aromatic rings. The Hall–Kier alpha value is -1.85. The zero-order valence-electron chi connectivity index (χ0n) is 45.5. The van der Waals surface area contributed by atoms with E-state index in [1.807, 2.05) is 0 Å². The van der Waals surface area contributed by atoms with E-state index in [1.165, 1.54) is 238 Å². The Bertz CT molecular complexity index is 1040. The van der Waals surface area contributed by atoms with E-state index in [2.05, 4.69) is 32.9 Å². The monoisotopic (exact) mass is 945 g/mol. The van der Waals surface area contributed by atoms with E-state index >= 15 is 0 Å². The third kappa shape index (κ3) is 55.0. The van der Waals surface area contributed by atoms with Crippen LogP contribution in [0.5, 0.6) is 0 Å². The van der Waals surface area contributed by atoms with Crippen molar-refractivity contribution in [3.05, 3.63) is 12.2 Å². The van der Waals surface area contributed by atoms with Crippen LogP contribution in [-0.2, 0) is 28.6 Å². The lowest BCUT2D eigenvalue weighted by molar-refractivity contribution is -0.167. The summed E-state index contributed by atoms with van der Waals surface area (Å²) in [7, 11) is 0. The molecule has 0 aliphatic carbocycles. The van der Waals surface area contributed by atoms with E-state index in [1.54, 1.807) is 0 Å². The smallest absolute Gasteiger partial charge is 0.306 e. The Balaban J connectivity index is 4.31. The molecule has 0 N–H and O–H groups in total. The first-order valence-corrected chi connectivity index (χ1v) is 30.2. The minimum absolute atomic E-state index is 0.0662. The molecular weight excluding hydrogens is 829 g/mol. The standard InChI is InChI=1S/C61H116O6/c1-4-7-10-13-16-19-22-25-28-30-33-36-39-42-45-48-51-54-60(63)66-57-58(56-65-59(62)53-50-47-44-41-38-35-32-27-24-21-18-15-12-9-6-3)67-61(64)55-52-49-46-43-40-37-34-31-29-26-23-20-17-14-11-8-5-2/h27,32,58H,4-26,28-31,33-57H2,1-3H3/b32-27-/t58-/m0/s1. The van der Waals surface area contributed by atoms with E-state index in [4.69, 9.17) is 14.2 Å². The van der Waals surface area contributed by atoms with E-state index < -0.39 is 6.10 Å². The summed E-state index contributed by atoms with van der Waals surface area (Å²) in [5.74, 6) is -0.847. The van der Waals surface area contributed by atoms with Crippen LogP contribution in [0, 0.1) is 0 Å². The van der Waals surface area contributed by atoms with Crippen LogP contribution in [0.15, 0.2) is 12.2 Å². The Morgan fingerprint density at radius 1 is 0.284 bits per heavy atom. The van der Waals surface area contributed by atoms with Gasteiger partial charge in [-0.3, -0.25) is 14.4 Å². The van der Waals surface area contributed by atoms with Crippen molar-refractivity contribution in [2.75, 3.05) is 13.2 Å². The van der Waals surface area contributed by atoms with Crippen molar-refractivity contribution in [2.45, 2.75) is 348 Å². The highest BCUT2D eigenvalue weighted by atomic mass is 16.6. The summed E-state index contributed by atoms with van der Waals surface area (Å²) in [6.07, 6.45) is 64.9. The van der Waals surface area contributed by atoms with E-state index in [0.29, 0.717) is 19.3 Å². The lowest BCUT2D eigenvalue weighted by Crippen LogP contribution is -2.30. The van der Waals surface area contributed by atoms with Crippen LogP contribution >= 0.6 is 0 Å². The van der Waals surface area contributed by atoms with Gasteiger partial charge >= 0.3 is 17.9 Å². The molecule has 0 unspecified atom stereocenters. The molecule has 0 rings (SSSR count). The predicted octanol–water partition coefficient (Wildman–Crippen LogP) is 20.1. The highest BCUT2D eigenvalue weighted by Gasteiger charge is 2.19. The van der Waals surface area contributed by atoms with Gasteiger partial charge in [-0.2, -0.15) is 0 Å². The molecule has 0 aliphatic rings. The first-order chi connectivity index (χ1) is 33.0. The molecule has 67 heavy (non-hydrogen) atoms. The highest BCUT2D eigenvalue weighted by molar-refractivity contribution is 5.71. The Morgan fingerprint density at radius 2 is 0.493 bits per heavy atom. The number of carbonyl (C=O) groups excluding carboxylic acids is 3. The van der Waals surface area contributed by atoms with Gasteiger partial charge in [0.05, 0.1) is 0 Å². The Labute approximate surface area is 418 Å². The van der Waals surface area contributed by atoms with Crippen molar-refractivity contribution in [1.82, 2.24) is 0 Å². The molecule has 0 heterocycles. The quantitative estimate of drug-likeness (QED) is 0.0262. The van der Waals surface area contributed by atoms with Crippen LogP contribution in [0.2, 0.25) is 0 Å². The molecule has 396 valence electrons. The highest BCUT2D eigenvalue weighted by Crippen LogP contribution is 2.18. The van der Waals surface area contributed by atoms with Crippen molar-refractivity contribution < 1.29 is 28.6 Å². The van der Waals surface area contributed by atoms with E-state index in [-0.39, 0.29) is 31.1 Å². The minimum atomic E-state index is -0.768. The van der Waals surface area contributed by atoms with Gasteiger partial charge in [0.15, 0.2) is 6.10 Å². The maximum Gasteiger partial charge on any atom is 0.306 e. The molecule has 6 nitrogen and oxygen atoms in total. The van der Waals surface area contributed by atoms with Crippen molar-refractivity contribution in [3.63, 3.8) is 0 Å². The van der Waals surface area contributed by atoms with Gasteiger partial charge in [-0.05, 0) is 44.9 Å². The van der Waals surface area contributed by atoms with Crippen molar-refractivity contribution in [2.24, 2.45) is 0 Å². The van der Waals surface area contributed by atoms with E-state index in [9.17, 15) is 14.4 Å². The van der Waals surface area contributed by atoms with Gasteiger partial charge in [0.2, 0.25) is 0 Å². The minimum Gasteiger partial charge on any atom is -0.462 e. The van der Waals surface area contributed by atoms with Gasteiger partial charge in [0.25, 0.3) is 0 Å². The number of allylic oxidation sites excluding steroid dienone is 2. The van der Waals surface area contributed by atoms with Gasteiger partial charge in [-0.25, -0.2) is 0 Å². The second-order valence-electron chi connectivity index (χ2n) is 20.6. The molecule has 6 heteroatoms. The lowest BCUT2D eigenvalue weighted by atomic mass is 10.0. The third-order valence-corrected chi connectivity index (χ3v) is 13.8. The summed E-state index contributed by atoms with van der Waals surface area (Å²) < 4.78 is 16.9. The van der Waals surface area contributed by atoms with Gasteiger partial charge in [-0.1, -0.05) is 290 Å². The topological polar surface area (TPSA) is 78.9 Å². The third-order valence-electron chi connectivity index (χ3n) is 13.8. The van der Waals surface area contributed by atoms with Crippen LogP contribution in [0.1, 0.15) is 342 Å². The number of rotatable bonds is 56. The molecule has 0 radical (unpaired) electrons. The van der Waals surface area contributed by atoms with Crippen LogP contribution in [0.4, 0.5) is 0 Å². The average molecular weight is 946 g/mol. The summed E-state index contributed by atoms with van der Waals surface area (Å²) in [5.41, 5.74) is 0. The van der Waals surface area contributed by atoms with Gasteiger partial charge in [0.1, 0.15) is 13.2 Å². The van der Waals surface area contributed by atoms with Crippen LogP contribution < -0.4 is 0 Å². The SMILES string of the molecule is CCCCCCCC/C=C\CCCCCCCC(=O)OC[C@@H](COC(=O)CCCCCCCCCCCCCCCCCCC)OC(=O)CCCCCCCCCCCCCCCCCCC. The summed E-state index contributed by atoms with van der Waals surface area (Å²) in [6.45, 7) is 6.70. The summed E-state index contributed by atoms with van der Waals surface area (Å²) >= 11 is 0. The number of hydrogen-bond donors (Lipinski definition) is 0. The summed E-state index contributed by atoms with van der Waals surface area (Å²) in [4.78, 5) is 38.2. The largest absolute Gasteiger partial charge is 0.462 e. The normalized spacial score (nSPS) is 12.0. The molecule has 0 saturated carbocycles. The summed E-state index contributed by atoms with van der Waals surface area (Å²) in [6, 6.07) is 0. The fourth-order valence-electron chi connectivity index (χ4n) is 9.21. The van der Waals surface area contributed by atoms with Gasteiger partial charge in [-0.15, -0.1) is 0 Å². The molecule has 0 bridgehead atoms. The number of esters is 3. The molecule has 0 aromatic heterocycles. The van der Waals surface area contributed by atoms with Gasteiger partial charge in [0, 0.05) is 19.3 Å². The van der Waals surface area contributed by atoms with Crippen molar-refractivity contribution in [1.29, 1.82) is 0 Å². The maximum atomic E-state index is 12.9. The molecule has 0 aliphatic heterocycles. The molecule has 0 amide bonds. The predicted molar refractivity (Wildman–Crippen MR) is 289 cm³/mol. The zero-order chi connectivity index (χ0) is 48.6. The molecule has 0 fully saturated rings. The summed E-state index contributed by atoms with van der Waals surface area (Å²) in [5, 5.41) is 0. The first kappa shape index (κ1) is 65.1. The molecule has 0 aromatic carbocycles. The second kappa shape index (κ2) is 56.7. The van der Waals surface area contributed by atoms with Crippen molar-refractivity contribution in [3.8, 4) is 0 Å². The molecule has 0 spiro atoms. The van der Waals surface area contributed by atoms with Crippen LogP contribution in [0.3, 0.4) is 0 Å². The number of hydrogen-bond acceptors (Lipinski definition) is 6. The number of carbonyl (C=O) groups is 3. The fraction of sp³-hybridized carbons (Fsp3) is 0.918. The maximum absolute atomic E-state index is 12.9. The Morgan fingerprint density at radius 3 is 0.746 bits per heavy atom. The van der Waals surface area contributed by atoms with Crippen molar-refractivity contribution >= 4 is 17.9 Å². The molecular formula is C61H116O6. The lowest BCUT2D eigenvalue weighted by Gasteiger charge is -2.18. The number of ether oxygens (including phenoxy) is 3. The molecule has 0 saturated heterocycles. The molecule has 1 atom stereocenters. The zero-order valence-corrected chi connectivity index (χ0v) is 45.5. The average Bonchev–Trinajstić information content (AvgIpc) is 3.33. The van der Waals surface area contributed by atoms with Gasteiger partial charge < -0.3 is 14.2 Å².